The van der Waals surface area contributed by atoms with Crippen LogP contribution in [0.4, 0.5) is 0 Å². The maximum atomic E-state index is 11.1. The van der Waals surface area contributed by atoms with Gasteiger partial charge in [0.25, 0.3) is 0 Å². The van der Waals surface area contributed by atoms with E-state index in [2.05, 4.69) is 45.0 Å². The highest BCUT2D eigenvalue weighted by Gasteiger charge is 2.57. The van der Waals surface area contributed by atoms with Crippen LogP contribution in [0.1, 0.15) is 103 Å². The minimum absolute atomic E-state index is 0.0236. The maximum absolute atomic E-state index is 11.1. The van der Waals surface area contributed by atoms with E-state index in [1.807, 2.05) is 13.8 Å². The number of aliphatic hydroxyl groups excluding tert-OH is 1. The highest BCUT2D eigenvalue weighted by atomic mass is 16.7. The lowest BCUT2D eigenvalue weighted by molar-refractivity contribution is -0.312. The van der Waals surface area contributed by atoms with Crippen molar-refractivity contribution in [2.45, 2.75) is 110 Å². The number of benzene rings is 1. The van der Waals surface area contributed by atoms with Crippen LogP contribution in [-0.2, 0) is 16.0 Å². The number of aliphatic hydroxyl groups is 1. The highest BCUT2D eigenvalue weighted by molar-refractivity contribution is 5.41. The summed E-state index contributed by atoms with van der Waals surface area (Å²) >= 11 is 0. The van der Waals surface area contributed by atoms with Crippen LogP contribution in [-0.4, -0.2) is 30.2 Å². The van der Waals surface area contributed by atoms with Gasteiger partial charge in [0.05, 0.1) is 19.3 Å². The Morgan fingerprint density at radius 2 is 1.64 bits per heavy atom. The second-order valence-corrected chi connectivity index (χ2v) is 13.1. The van der Waals surface area contributed by atoms with Crippen molar-refractivity contribution in [1.82, 2.24) is 0 Å². The normalized spacial score (nSPS) is 38.5. The van der Waals surface area contributed by atoms with Gasteiger partial charge in [0.15, 0.2) is 5.79 Å². The number of rotatable bonds is 2. The number of fused-ring (bicyclic) bond motifs is 4. The van der Waals surface area contributed by atoms with E-state index in [0.717, 1.165) is 45.3 Å². The number of hydrogen-bond donors (Lipinski definition) is 2. The van der Waals surface area contributed by atoms with Crippen LogP contribution in [0, 0.1) is 28.6 Å². The van der Waals surface area contributed by atoms with Crippen molar-refractivity contribution >= 4 is 0 Å². The lowest BCUT2D eigenvalue weighted by Crippen LogP contribution is -2.52. The van der Waals surface area contributed by atoms with Gasteiger partial charge in [-0.05, 0) is 72.8 Å². The first-order chi connectivity index (χ1) is 17.2. The Labute approximate surface area is 219 Å². The van der Waals surface area contributed by atoms with E-state index in [9.17, 15) is 5.11 Å². The summed E-state index contributed by atoms with van der Waals surface area (Å²) in [4.78, 5) is 0. The second-order valence-electron chi connectivity index (χ2n) is 13.1. The van der Waals surface area contributed by atoms with Crippen molar-refractivity contribution in [3.63, 3.8) is 0 Å². The van der Waals surface area contributed by atoms with Gasteiger partial charge in [0, 0.05) is 30.7 Å². The first-order valence-electron chi connectivity index (χ1n) is 14.7. The summed E-state index contributed by atoms with van der Waals surface area (Å²) in [6.45, 7) is 13.0. The van der Waals surface area contributed by atoms with Crippen LogP contribution in [0.2, 0.25) is 0 Å². The summed E-state index contributed by atoms with van der Waals surface area (Å²) in [5.74, 6) is 1.83. The van der Waals surface area contributed by atoms with E-state index >= 15 is 0 Å². The minimum Gasteiger partial charge on any atom is -0.393 e. The van der Waals surface area contributed by atoms with Gasteiger partial charge in [0.2, 0.25) is 0 Å². The molecule has 0 radical (unpaired) electrons. The Morgan fingerprint density at radius 1 is 0.944 bits per heavy atom. The number of nitrogens with two attached hydrogens (primary N) is 1. The Kier molecular flexibility index (Phi) is 7.22. The molecule has 200 valence electrons. The summed E-state index contributed by atoms with van der Waals surface area (Å²) in [5.41, 5.74) is 12.1. The summed E-state index contributed by atoms with van der Waals surface area (Å²) < 4.78 is 12.9. The van der Waals surface area contributed by atoms with Crippen molar-refractivity contribution in [3.05, 3.63) is 46.5 Å². The lowest BCUT2D eigenvalue weighted by atomic mass is 9.52. The smallest absolute Gasteiger partial charge is 0.169 e. The van der Waals surface area contributed by atoms with Crippen LogP contribution in [0.25, 0.3) is 0 Å². The van der Waals surface area contributed by atoms with Crippen LogP contribution in [0.3, 0.4) is 0 Å². The van der Waals surface area contributed by atoms with E-state index in [4.69, 9.17) is 15.2 Å². The molecule has 1 aromatic carbocycles. The molecule has 4 heteroatoms. The quantitative estimate of drug-likeness (QED) is 0.448. The summed E-state index contributed by atoms with van der Waals surface area (Å²) in [7, 11) is 0. The first-order valence-corrected chi connectivity index (χ1v) is 14.7. The Balaban J connectivity index is 0.00000130. The minimum atomic E-state index is -0.373. The standard InChI is InChI=1S/C30H43NO3.C2H6/c1-28(2)17-33-30(34-18-28)13-12-22-21(14-30)8-9-23-25-10-11-26(32)29(25,3)15-24(27(22)23)20-6-4-19(16-31)5-7-20;1-2/h4-7,21,23-26,32H,8-18,31H2,1-3H3;1-2H3. The molecule has 4 aliphatic carbocycles. The molecule has 1 saturated heterocycles. The third kappa shape index (κ3) is 4.40. The zero-order valence-corrected chi connectivity index (χ0v) is 23.3. The van der Waals surface area contributed by atoms with Gasteiger partial charge in [-0.3, -0.25) is 0 Å². The molecule has 6 unspecified atom stereocenters. The van der Waals surface area contributed by atoms with E-state index in [1.165, 1.54) is 30.4 Å². The molecule has 0 amide bonds. The fourth-order valence-corrected chi connectivity index (χ4v) is 8.39. The predicted molar refractivity (Wildman–Crippen MR) is 145 cm³/mol. The first kappa shape index (κ1) is 26.4. The van der Waals surface area contributed by atoms with Crippen molar-refractivity contribution in [3.8, 4) is 0 Å². The third-order valence-corrected chi connectivity index (χ3v) is 10.4. The van der Waals surface area contributed by atoms with Crippen LogP contribution >= 0.6 is 0 Å². The summed E-state index contributed by atoms with van der Waals surface area (Å²) in [6.07, 6.45) is 8.60. The van der Waals surface area contributed by atoms with Gasteiger partial charge in [-0.2, -0.15) is 0 Å². The van der Waals surface area contributed by atoms with Crippen molar-refractivity contribution in [1.29, 1.82) is 0 Å². The SMILES string of the molecule is CC.CC1(C)COC2(CCC3=C4C(c5ccc(CN)cc5)CC5(C)C(O)CCC5C4CCC3C2)OC1. The lowest BCUT2D eigenvalue weighted by Gasteiger charge is -2.55. The molecule has 1 aromatic rings. The molecular weight excluding hydrogens is 446 g/mol. The van der Waals surface area contributed by atoms with Gasteiger partial charge in [-0.1, -0.05) is 70.0 Å². The molecule has 36 heavy (non-hydrogen) atoms. The molecule has 3 saturated carbocycles. The molecule has 5 aliphatic rings. The molecule has 0 bridgehead atoms. The van der Waals surface area contributed by atoms with Crippen molar-refractivity contribution in [2.24, 2.45) is 34.3 Å². The van der Waals surface area contributed by atoms with Gasteiger partial charge in [-0.25, -0.2) is 0 Å². The largest absolute Gasteiger partial charge is 0.393 e. The van der Waals surface area contributed by atoms with Crippen LogP contribution in [0.15, 0.2) is 35.4 Å². The maximum Gasteiger partial charge on any atom is 0.169 e. The number of hydrogen-bond acceptors (Lipinski definition) is 4. The fourth-order valence-electron chi connectivity index (χ4n) is 8.39. The Hall–Kier alpha value is -1.20. The van der Waals surface area contributed by atoms with Crippen molar-refractivity contribution in [2.75, 3.05) is 13.2 Å². The van der Waals surface area contributed by atoms with E-state index in [-0.39, 0.29) is 22.7 Å². The number of ether oxygens (including phenoxy) is 2. The molecule has 4 nitrogen and oxygen atoms in total. The van der Waals surface area contributed by atoms with E-state index in [1.54, 1.807) is 11.1 Å². The third-order valence-electron chi connectivity index (χ3n) is 10.4. The zero-order valence-electron chi connectivity index (χ0n) is 23.3. The zero-order chi connectivity index (χ0) is 25.7. The molecule has 3 N–H and O–H groups in total. The Morgan fingerprint density at radius 3 is 2.31 bits per heavy atom. The predicted octanol–water partition coefficient (Wildman–Crippen LogP) is 6.71. The van der Waals surface area contributed by atoms with Crippen LogP contribution < -0.4 is 5.73 Å². The highest BCUT2D eigenvalue weighted by Crippen LogP contribution is 2.64. The van der Waals surface area contributed by atoms with Gasteiger partial charge < -0.3 is 20.3 Å². The Bertz CT molecular complexity index is 956. The summed E-state index contributed by atoms with van der Waals surface area (Å²) in [6, 6.07) is 9.03. The molecule has 6 rings (SSSR count). The average Bonchev–Trinajstić information content (AvgIpc) is 3.20. The van der Waals surface area contributed by atoms with Gasteiger partial charge in [0.1, 0.15) is 0 Å². The van der Waals surface area contributed by atoms with Crippen molar-refractivity contribution < 1.29 is 14.6 Å². The van der Waals surface area contributed by atoms with Gasteiger partial charge in [-0.15, -0.1) is 0 Å². The van der Waals surface area contributed by atoms with E-state index in [0.29, 0.717) is 30.2 Å². The molecule has 1 heterocycles. The monoisotopic (exact) mass is 495 g/mol. The fraction of sp³-hybridized carbons (Fsp3) is 0.750. The molecule has 1 spiro atoms. The number of allylic oxidation sites excluding steroid dienone is 2. The molecule has 4 fully saturated rings. The van der Waals surface area contributed by atoms with E-state index < -0.39 is 0 Å². The molecule has 1 aliphatic heterocycles. The van der Waals surface area contributed by atoms with Crippen LogP contribution in [0.5, 0.6) is 0 Å². The topological polar surface area (TPSA) is 64.7 Å². The molecular formula is C32H49NO3. The molecule has 0 aromatic heterocycles. The second kappa shape index (κ2) is 9.84. The van der Waals surface area contributed by atoms with Gasteiger partial charge >= 0.3 is 0 Å². The average molecular weight is 496 g/mol. The molecule has 6 atom stereocenters. The summed E-state index contributed by atoms with van der Waals surface area (Å²) in [5, 5.41) is 11.1.